The zero-order valence-corrected chi connectivity index (χ0v) is 18.2. The van der Waals surface area contributed by atoms with Gasteiger partial charge >= 0.3 is 0 Å². The molecular formula is C23H32N6O2. The van der Waals surface area contributed by atoms with Crippen LogP contribution < -0.4 is 15.6 Å². The first-order valence-corrected chi connectivity index (χ1v) is 11.0. The molecule has 2 N–H and O–H groups in total. The van der Waals surface area contributed by atoms with E-state index in [2.05, 4.69) is 50.8 Å². The largest absolute Gasteiger partial charge is 0.384 e. The van der Waals surface area contributed by atoms with Crippen molar-refractivity contribution in [3.8, 4) is 0 Å². The number of pyridine rings is 1. The van der Waals surface area contributed by atoms with Crippen LogP contribution in [0.1, 0.15) is 11.1 Å². The predicted molar refractivity (Wildman–Crippen MR) is 125 cm³/mol. The van der Waals surface area contributed by atoms with Gasteiger partial charge in [-0.25, -0.2) is 4.98 Å². The van der Waals surface area contributed by atoms with E-state index in [1.165, 1.54) is 5.56 Å². The Bertz CT molecular complexity index is 863. The van der Waals surface area contributed by atoms with Gasteiger partial charge in [-0.05, 0) is 12.5 Å². The Hall–Kier alpha value is -2.68. The lowest BCUT2D eigenvalue weighted by molar-refractivity contribution is 0.0398. The number of aryl methyl sites for hydroxylation is 1. The normalized spacial score (nSPS) is 17.8. The second-order valence-corrected chi connectivity index (χ2v) is 7.86. The van der Waals surface area contributed by atoms with Crippen LogP contribution in [0.5, 0.6) is 0 Å². The van der Waals surface area contributed by atoms with Crippen molar-refractivity contribution < 1.29 is 9.47 Å². The van der Waals surface area contributed by atoms with Crippen molar-refractivity contribution in [2.75, 3.05) is 81.3 Å². The molecule has 1 aromatic heterocycles. The van der Waals surface area contributed by atoms with Crippen LogP contribution in [-0.4, -0.2) is 81.8 Å². The second kappa shape index (κ2) is 11.1. The average molecular weight is 425 g/mol. The molecule has 1 aromatic carbocycles. The molecule has 0 atom stereocenters. The van der Waals surface area contributed by atoms with Gasteiger partial charge in [0.25, 0.3) is 0 Å². The molecule has 0 spiro atoms. The van der Waals surface area contributed by atoms with Crippen LogP contribution in [0, 0.1) is 6.92 Å². The van der Waals surface area contributed by atoms with Gasteiger partial charge in [0, 0.05) is 57.1 Å². The Kier molecular flexibility index (Phi) is 7.71. The lowest BCUT2D eigenvalue weighted by atomic mass is 10.2. The molecule has 0 radical (unpaired) electrons. The Labute approximate surface area is 184 Å². The molecule has 3 heterocycles. The Balaban J connectivity index is 1.43. The van der Waals surface area contributed by atoms with Gasteiger partial charge in [0.2, 0.25) is 0 Å². The molecule has 0 amide bonds. The van der Waals surface area contributed by atoms with E-state index in [1.807, 2.05) is 24.4 Å². The molecule has 2 aliphatic heterocycles. The van der Waals surface area contributed by atoms with Crippen molar-refractivity contribution >= 4 is 23.5 Å². The van der Waals surface area contributed by atoms with E-state index >= 15 is 0 Å². The Morgan fingerprint density at radius 1 is 1.03 bits per heavy atom. The van der Waals surface area contributed by atoms with Crippen LogP contribution in [0.4, 0.5) is 17.3 Å². The predicted octanol–water partition coefficient (Wildman–Crippen LogP) is 2.42. The summed E-state index contributed by atoms with van der Waals surface area (Å²) >= 11 is 0. The highest BCUT2D eigenvalue weighted by Crippen LogP contribution is 2.22. The molecule has 2 aromatic rings. The molecule has 8 heteroatoms. The van der Waals surface area contributed by atoms with Crippen LogP contribution in [0.25, 0.3) is 0 Å². The van der Waals surface area contributed by atoms with Crippen LogP contribution in [0.15, 0.2) is 41.5 Å². The van der Waals surface area contributed by atoms with Crippen molar-refractivity contribution in [1.82, 2.24) is 9.88 Å². The fourth-order valence-corrected chi connectivity index (χ4v) is 3.74. The second-order valence-electron chi connectivity index (χ2n) is 7.86. The van der Waals surface area contributed by atoms with E-state index in [0.29, 0.717) is 0 Å². The first-order chi connectivity index (χ1) is 15.3. The molecule has 0 aliphatic carbocycles. The van der Waals surface area contributed by atoms with Crippen LogP contribution in [0.2, 0.25) is 0 Å². The molecule has 4 rings (SSSR count). The van der Waals surface area contributed by atoms with Gasteiger partial charge in [-0.3, -0.25) is 10.3 Å². The summed E-state index contributed by atoms with van der Waals surface area (Å²) in [7, 11) is 0. The zero-order chi connectivity index (χ0) is 21.3. The molecule has 8 nitrogen and oxygen atoms in total. The number of hydrogen-bond acceptors (Lipinski definition) is 8. The first kappa shape index (κ1) is 21.5. The summed E-state index contributed by atoms with van der Waals surface area (Å²) in [5.74, 6) is 1.66. The third-order valence-electron chi connectivity index (χ3n) is 5.44. The number of hydrogen-bond donors (Lipinski definition) is 2. The minimum absolute atomic E-state index is 0.724. The summed E-state index contributed by atoms with van der Waals surface area (Å²) in [6.45, 7) is 10.7. The summed E-state index contributed by atoms with van der Waals surface area (Å²) in [6.07, 6.45) is 1.82. The van der Waals surface area contributed by atoms with E-state index < -0.39 is 0 Å². The lowest BCUT2D eigenvalue weighted by Gasteiger charge is -2.29. The molecule has 166 valence electrons. The summed E-state index contributed by atoms with van der Waals surface area (Å²) in [5.41, 5.74) is 6.41. The minimum atomic E-state index is 0.724. The summed E-state index contributed by atoms with van der Waals surface area (Å²) in [6, 6.07) is 12.4. The van der Waals surface area contributed by atoms with Crippen LogP contribution in [-0.2, 0) is 9.47 Å². The van der Waals surface area contributed by atoms with Gasteiger partial charge in [0.1, 0.15) is 5.82 Å². The molecule has 2 fully saturated rings. The number of nitrogens with zero attached hydrogens (tertiary/aromatic N) is 4. The minimum Gasteiger partial charge on any atom is -0.384 e. The van der Waals surface area contributed by atoms with E-state index in [-0.39, 0.29) is 0 Å². The van der Waals surface area contributed by atoms with Crippen molar-refractivity contribution in [1.29, 1.82) is 0 Å². The van der Waals surface area contributed by atoms with E-state index in [1.54, 1.807) is 0 Å². The number of aromatic nitrogens is 1. The van der Waals surface area contributed by atoms with Crippen molar-refractivity contribution in [2.24, 2.45) is 5.10 Å². The number of nitrogens with one attached hydrogen (secondary N) is 2. The third-order valence-corrected chi connectivity index (χ3v) is 5.44. The number of anilines is 3. The van der Waals surface area contributed by atoms with Gasteiger partial charge in [0.05, 0.1) is 32.6 Å². The summed E-state index contributed by atoms with van der Waals surface area (Å²) in [4.78, 5) is 9.46. The van der Waals surface area contributed by atoms with Gasteiger partial charge < -0.3 is 19.7 Å². The molecule has 2 saturated heterocycles. The molecular weight excluding hydrogens is 392 g/mol. The monoisotopic (exact) mass is 424 g/mol. The van der Waals surface area contributed by atoms with Crippen LogP contribution >= 0.6 is 0 Å². The van der Waals surface area contributed by atoms with Gasteiger partial charge in [-0.1, -0.05) is 29.8 Å². The van der Waals surface area contributed by atoms with E-state index in [0.717, 1.165) is 88.6 Å². The summed E-state index contributed by atoms with van der Waals surface area (Å²) < 4.78 is 10.9. The lowest BCUT2D eigenvalue weighted by Crippen LogP contribution is -2.39. The maximum absolute atomic E-state index is 5.50. The van der Waals surface area contributed by atoms with Gasteiger partial charge in [0.15, 0.2) is 5.82 Å². The number of hydrazone groups is 1. The van der Waals surface area contributed by atoms with Gasteiger partial charge in [-0.2, -0.15) is 5.10 Å². The molecule has 0 bridgehead atoms. The number of morpholine rings is 2. The Morgan fingerprint density at radius 3 is 2.58 bits per heavy atom. The number of rotatable bonds is 8. The smallest absolute Gasteiger partial charge is 0.150 e. The summed E-state index contributed by atoms with van der Waals surface area (Å²) in [5, 5.41) is 7.96. The average Bonchev–Trinajstić information content (AvgIpc) is 2.80. The number of ether oxygens (including phenoxy) is 2. The highest BCUT2D eigenvalue weighted by Gasteiger charge is 2.15. The third kappa shape index (κ3) is 6.65. The maximum atomic E-state index is 5.50. The van der Waals surface area contributed by atoms with E-state index in [4.69, 9.17) is 14.5 Å². The van der Waals surface area contributed by atoms with Crippen molar-refractivity contribution in [3.05, 3.63) is 47.5 Å². The standard InChI is InChI=1S/C23H32N6O2/c1-19-3-2-4-20(15-19)18-25-27-22-16-21(24-5-6-28-7-11-30-12-8-28)17-23(26-22)29-9-13-31-14-10-29/h2-4,15-18H,5-14H2,1H3,(H2,24,26,27). The Morgan fingerprint density at radius 2 is 1.81 bits per heavy atom. The topological polar surface area (TPSA) is 74.2 Å². The van der Waals surface area contributed by atoms with Crippen molar-refractivity contribution in [2.45, 2.75) is 6.92 Å². The molecule has 0 saturated carbocycles. The van der Waals surface area contributed by atoms with Crippen molar-refractivity contribution in [3.63, 3.8) is 0 Å². The molecule has 31 heavy (non-hydrogen) atoms. The highest BCUT2D eigenvalue weighted by atomic mass is 16.5. The number of benzene rings is 1. The van der Waals surface area contributed by atoms with Gasteiger partial charge in [-0.15, -0.1) is 0 Å². The SMILES string of the molecule is Cc1cccc(C=NNc2cc(NCCN3CCOCC3)cc(N3CCOCC3)n2)c1. The molecule has 0 unspecified atom stereocenters. The quantitative estimate of drug-likeness (QED) is 0.498. The van der Waals surface area contributed by atoms with Crippen LogP contribution in [0.3, 0.4) is 0 Å². The highest BCUT2D eigenvalue weighted by molar-refractivity contribution is 5.80. The fourth-order valence-electron chi connectivity index (χ4n) is 3.74. The fraction of sp³-hybridized carbons (Fsp3) is 0.478. The molecule has 2 aliphatic rings. The zero-order valence-electron chi connectivity index (χ0n) is 18.2. The first-order valence-electron chi connectivity index (χ1n) is 11.0. The van der Waals surface area contributed by atoms with E-state index in [9.17, 15) is 0 Å². The maximum Gasteiger partial charge on any atom is 0.150 e.